The van der Waals surface area contributed by atoms with Gasteiger partial charge in [-0.25, -0.2) is 4.79 Å². The number of nitrogens with zero attached hydrogens (tertiary/aromatic N) is 3. The van der Waals surface area contributed by atoms with Gasteiger partial charge in [0.05, 0.1) is 17.3 Å². The van der Waals surface area contributed by atoms with Crippen molar-refractivity contribution in [2.24, 2.45) is 5.16 Å². The fraction of sp³-hybridized carbons (Fsp3) is 0.167. The zero-order chi connectivity index (χ0) is 13.7. The molecule has 0 amide bonds. The molecule has 7 heteroatoms. The molecule has 0 fully saturated rings. The largest absolute Gasteiger partial charge is 0.455 e. The SMILES string of the molecule is C/C(=N\O)c1nsnc1COC(=O)c1ccccc1. The van der Waals surface area contributed by atoms with E-state index < -0.39 is 5.97 Å². The molecule has 1 aromatic carbocycles. The fourth-order valence-corrected chi connectivity index (χ4v) is 2.01. The molecule has 1 heterocycles. The summed E-state index contributed by atoms with van der Waals surface area (Å²) in [4.78, 5) is 11.7. The Balaban J connectivity index is 2.04. The third-order valence-corrected chi connectivity index (χ3v) is 2.96. The Morgan fingerprint density at radius 3 is 2.79 bits per heavy atom. The Morgan fingerprint density at radius 2 is 2.11 bits per heavy atom. The number of oxime groups is 1. The Morgan fingerprint density at radius 1 is 1.37 bits per heavy atom. The van der Waals surface area contributed by atoms with Crippen LogP contribution in [0.1, 0.15) is 28.7 Å². The smallest absolute Gasteiger partial charge is 0.338 e. The lowest BCUT2D eigenvalue weighted by molar-refractivity contribution is 0.0468. The maximum atomic E-state index is 11.7. The van der Waals surface area contributed by atoms with Gasteiger partial charge in [0.2, 0.25) is 0 Å². The second-order valence-corrected chi connectivity index (χ2v) is 4.22. The van der Waals surface area contributed by atoms with Gasteiger partial charge in [0, 0.05) is 0 Å². The van der Waals surface area contributed by atoms with Crippen molar-refractivity contribution in [3.63, 3.8) is 0 Å². The molecular formula is C12H11N3O3S. The van der Waals surface area contributed by atoms with Crippen LogP contribution in [0.4, 0.5) is 0 Å². The van der Waals surface area contributed by atoms with Crippen LogP contribution < -0.4 is 0 Å². The molecule has 0 radical (unpaired) electrons. The van der Waals surface area contributed by atoms with Crippen LogP contribution in [-0.4, -0.2) is 25.6 Å². The lowest BCUT2D eigenvalue weighted by atomic mass is 10.2. The number of hydrogen-bond donors (Lipinski definition) is 1. The van der Waals surface area contributed by atoms with Crippen LogP contribution in [0.3, 0.4) is 0 Å². The van der Waals surface area contributed by atoms with Crippen molar-refractivity contribution in [3.8, 4) is 0 Å². The Hall–Kier alpha value is -2.28. The van der Waals surface area contributed by atoms with Gasteiger partial charge >= 0.3 is 5.97 Å². The van der Waals surface area contributed by atoms with E-state index in [0.717, 1.165) is 11.7 Å². The lowest BCUT2D eigenvalue weighted by Crippen LogP contribution is -2.08. The Kier molecular flexibility index (Phi) is 4.19. The van der Waals surface area contributed by atoms with Crippen LogP contribution >= 0.6 is 11.7 Å². The highest BCUT2D eigenvalue weighted by molar-refractivity contribution is 6.99. The van der Waals surface area contributed by atoms with E-state index in [4.69, 9.17) is 9.94 Å². The molecule has 0 bridgehead atoms. The van der Waals surface area contributed by atoms with Crippen molar-refractivity contribution < 1.29 is 14.7 Å². The van der Waals surface area contributed by atoms with E-state index in [9.17, 15) is 4.79 Å². The molecule has 0 spiro atoms. The van der Waals surface area contributed by atoms with Crippen LogP contribution in [0.15, 0.2) is 35.5 Å². The molecule has 19 heavy (non-hydrogen) atoms. The summed E-state index contributed by atoms with van der Waals surface area (Å²) in [7, 11) is 0. The van der Waals surface area contributed by atoms with Crippen LogP contribution in [0.2, 0.25) is 0 Å². The summed E-state index contributed by atoms with van der Waals surface area (Å²) < 4.78 is 13.1. The van der Waals surface area contributed by atoms with Gasteiger partial charge in [0.25, 0.3) is 0 Å². The first-order chi connectivity index (χ1) is 9.22. The van der Waals surface area contributed by atoms with Gasteiger partial charge in [0.15, 0.2) is 0 Å². The number of aromatic nitrogens is 2. The number of hydrogen-bond acceptors (Lipinski definition) is 7. The third kappa shape index (κ3) is 3.14. The first kappa shape index (κ1) is 13.2. The van der Waals surface area contributed by atoms with Crippen LogP contribution in [-0.2, 0) is 11.3 Å². The highest BCUT2D eigenvalue weighted by atomic mass is 32.1. The summed E-state index contributed by atoms with van der Waals surface area (Å²) in [6.07, 6.45) is 0. The minimum absolute atomic E-state index is 0.00752. The first-order valence-corrected chi connectivity index (χ1v) is 6.18. The van der Waals surface area contributed by atoms with Gasteiger partial charge in [-0.1, -0.05) is 23.4 Å². The Bertz CT molecular complexity index is 595. The lowest BCUT2D eigenvalue weighted by Gasteiger charge is -2.03. The van der Waals surface area contributed by atoms with E-state index in [1.165, 1.54) is 0 Å². The predicted octanol–water partition coefficient (Wildman–Crippen LogP) is 2.09. The fourth-order valence-electron chi connectivity index (χ4n) is 1.41. The third-order valence-electron chi connectivity index (χ3n) is 2.40. The van der Waals surface area contributed by atoms with Crippen LogP contribution in [0, 0.1) is 0 Å². The molecular weight excluding hydrogens is 266 g/mol. The topological polar surface area (TPSA) is 84.7 Å². The quantitative estimate of drug-likeness (QED) is 0.400. The molecule has 1 N–H and O–H groups in total. The van der Waals surface area contributed by atoms with E-state index in [2.05, 4.69) is 13.9 Å². The maximum Gasteiger partial charge on any atom is 0.338 e. The minimum Gasteiger partial charge on any atom is -0.455 e. The zero-order valence-corrected chi connectivity index (χ0v) is 10.9. The van der Waals surface area contributed by atoms with Gasteiger partial charge in [-0.3, -0.25) is 0 Å². The minimum atomic E-state index is -0.432. The number of carbonyl (C=O) groups is 1. The van der Waals surface area contributed by atoms with Gasteiger partial charge in [-0.2, -0.15) is 8.75 Å². The van der Waals surface area contributed by atoms with Crippen molar-refractivity contribution in [1.29, 1.82) is 0 Å². The van der Waals surface area contributed by atoms with Gasteiger partial charge in [-0.05, 0) is 19.1 Å². The van der Waals surface area contributed by atoms with Crippen LogP contribution in [0.5, 0.6) is 0 Å². The molecule has 0 saturated heterocycles. The number of benzene rings is 1. The summed E-state index contributed by atoms with van der Waals surface area (Å²) in [5.41, 5.74) is 1.72. The molecule has 2 rings (SSSR count). The second kappa shape index (κ2) is 6.05. The molecule has 0 aliphatic carbocycles. The van der Waals surface area contributed by atoms with Crippen LogP contribution in [0.25, 0.3) is 0 Å². The number of rotatable bonds is 4. The van der Waals surface area contributed by atoms with E-state index in [0.29, 0.717) is 22.7 Å². The summed E-state index contributed by atoms with van der Waals surface area (Å²) in [6.45, 7) is 1.59. The average molecular weight is 277 g/mol. The van der Waals surface area contributed by atoms with Crippen molar-refractivity contribution in [2.75, 3.05) is 0 Å². The van der Waals surface area contributed by atoms with E-state index in [1.54, 1.807) is 31.2 Å². The molecule has 0 aliphatic heterocycles. The van der Waals surface area contributed by atoms with Gasteiger partial charge < -0.3 is 9.94 Å². The standard InChI is InChI=1S/C12H11N3O3S/c1-8(13-17)11-10(14-19-15-11)7-18-12(16)9-5-3-2-4-6-9/h2-6,17H,7H2,1H3/b13-8+. The van der Waals surface area contributed by atoms with E-state index in [1.807, 2.05) is 6.07 Å². The highest BCUT2D eigenvalue weighted by Gasteiger charge is 2.14. The van der Waals surface area contributed by atoms with Crippen molar-refractivity contribution in [3.05, 3.63) is 47.3 Å². The van der Waals surface area contributed by atoms with E-state index in [-0.39, 0.29) is 6.61 Å². The molecule has 1 aromatic heterocycles. The average Bonchev–Trinajstić information content (AvgIpc) is 2.93. The van der Waals surface area contributed by atoms with E-state index >= 15 is 0 Å². The first-order valence-electron chi connectivity index (χ1n) is 5.45. The molecule has 6 nitrogen and oxygen atoms in total. The van der Waals surface area contributed by atoms with Gasteiger partial charge in [0.1, 0.15) is 23.7 Å². The Labute approximate surface area is 113 Å². The summed E-state index contributed by atoms with van der Waals surface area (Å²) in [5, 5.41) is 11.8. The van der Waals surface area contributed by atoms with Crippen molar-refractivity contribution in [1.82, 2.24) is 8.75 Å². The molecule has 0 saturated carbocycles. The number of esters is 1. The van der Waals surface area contributed by atoms with Crippen molar-refractivity contribution in [2.45, 2.75) is 13.5 Å². The monoisotopic (exact) mass is 277 g/mol. The predicted molar refractivity (Wildman–Crippen MR) is 69.5 cm³/mol. The summed E-state index contributed by atoms with van der Waals surface area (Å²) in [5.74, 6) is -0.432. The normalized spacial score (nSPS) is 11.3. The van der Waals surface area contributed by atoms with Gasteiger partial charge in [-0.15, -0.1) is 0 Å². The number of ether oxygens (including phenoxy) is 1. The molecule has 0 aliphatic rings. The number of carbonyl (C=O) groups excluding carboxylic acids is 1. The molecule has 98 valence electrons. The maximum absolute atomic E-state index is 11.7. The summed E-state index contributed by atoms with van der Waals surface area (Å²) in [6, 6.07) is 8.68. The van der Waals surface area contributed by atoms with Crippen molar-refractivity contribution >= 4 is 23.4 Å². The second-order valence-electron chi connectivity index (χ2n) is 3.69. The summed E-state index contributed by atoms with van der Waals surface area (Å²) >= 11 is 0.974. The molecule has 0 unspecified atom stereocenters. The highest BCUT2D eigenvalue weighted by Crippen LogP contribution is 2.10. The zero-order valence-electron chi connectivity index (χ0n) is 10.1. The molecule has 0 atom stereocenters. The molecule has 2 aromatic rings.